The molecule has 0 spiro atoms. The first-order chi connectivity index (χ1) is 11.1. The first-order valence-electron chi connectivity index (χ1n) is 7.05. The Morgan fingerprint density at radius 3 is 2.33 bits per heavy atom. The van der Waals surface area contributed by atoms with Crippen LogP contribution >= 0.6 is 11.3 Å². The van der Waals surface area contributed by atoms with Crippen molar-refractivity contribution in [2.45, 2.75) is 32.4 Å². The van der Waals surface area contributed by atoms with E-state index in [2.05, 4.69) is 5.32 Å². The van der Waals surface area contributed by atoms with Gasteiger partial charge in [0, 0.05) is 0 Å². The van der Waals surface area contributed by atoms with Crippen molar-refractivity contribution in [2.24, 2.45) is 0 Å². The summed E-state index contributed by atoms with van der Waals surface area (Å²) in [6.07, 6.45) is -4.63. The summed E-state index contributed by atoms with van der Waals surface area (Å²) in [5, 5.41) is 13.8. The number of carbonyl (C=O) groups excluding carboxylic acids is 1. The van der Waals surface area contributed by atoms with Crippen molar-refractivity contribution in [3.8, 4) is 6.07 Å². The van der Waals surface area contributed by atoms with Crippen LogP contribution in [0.25, 0.3) is 0 Å². The van der Waals surface area contributed by atoms with Crippen LogP contribution in [0.4, 0.5) is 18.2 Å². The number of hydrogen-bond acceptors (Lipinski definition) is 3. The number of hydrogen-bond donors (Lipinski definition) is 1. The molecule has 0 aliphatic carbocycles. The van der Waals surface area contributed by atoms with Gasteiger partial charge in [-0.25, -0.2) is 0 Å². The molecule has 0 fully saturated rings. The standard InChI is InChI=1S/C17H15F3N2OS/c1-16(2,3)13-9-24-15(11(13)8-21)22-14(23)10-6-4-5-7-12(10)17(18,19)20/h4-7,9H,1-3H3,(H,22,23). The highest BCUT2D eigenvalue weighted by atomic mass is 32.1. The van der Waals surface area contributed by atoms with Gasteiger partial charge in [-0.1, -0.05) is 32.9 Å². The van der Waals surface area contributed by atoms with Crippen LogP contribution in [-0.2, 0) is 11.6 Å². The Hall–Kier alpha value is -2.33. The fourth-order valence-corrected chi connectivity index (χ4v) is 3.34. The van der Waals surface area contributed by atoms with E-state index in [1.165, 1.54) is 12.1 Å². The molecule has 2 aromatic rings. The van der Waals surface area contributed by atoms with Crippen molar-refractivity contribution >= 4 is 22.2 Å². The molecule has 1 N–H and O–H groups in total. The first kappa shape index (κ1) is 18.0. The summed E-state index contributed by atoms with van der Waals surface area (Å²) in [6.45, 7) is 5.75. The van der Waals surface area contributed by atoms with Gasteiger partial charge in [-0.3, -0.25) is 4.79 Å². The summed E-state index contributed by atoms with van der Waals surface area (Å²) in [5.41, 5.74) is -0.762. The van der Waals surface area contributed by atoms with Crippen LogP contribution in [0, 0.1) is 11.3 Å². The van der Waals surface area contributed by atoms with E-state index in [1.807, 2.05) is 26.8 Å². The van der Waals surface area contributed by atoms with Gasteiger partial charge >= 0.3 is 6.18 Å². The van der Waals surface area contributed by atoms with Crippen molar-refractivity contribution in [2.75, 3.05) is 5.32 Å². The zero-order valence-corrected chi connectivity index (χ0v) is 14.1. The van der Waals surface area contributed by atoms with Gasteiger partial charge in [0.15, 0.2) is 0 Å². The number of anilines is 1. The predicted molar refractivity (Wildman–Crippen MR) is 87.1 cm³/mol. The maximum Gasteiger partial charge on any atom is 0.417 e. The molecule has 0 radical (unpaired) electrons. The Kier molecular flexibility index (Phi) is 4.72. The molecular weight excluding hydrogens is 337 g/mol. The number of amides is 1. The summed E-state index contributed by atoms with van der Waals surface area (Å²) in [6, 6.07) is 6.59. The average Bonchev–Trinajstić information content (AvgIpc) is 2.89. The van der Waals surface area contributed by atoms with Crippen molar-refractivity contribution in [3.63, 3.8) is 0 Å². The molecule has 0 aliphatic rings. The molecule has 3 nitrogen and oxygen atoms in total. The molecular formula is C17H15F3N2OS. The molecule has 0 atom stereocenters. The third-order valence-electron chi connectivity index (χ3n) is 3.41. The van der Waals surface area contributed by atoms with E-state index in [0.29, 0.717) is 0 Å². The smallest absolute Gasteiger partial charge is 0.312 e. The van der Waals surface area contributed by atoms with E-state index in [1.54, 1.807) is 5.38 Å². The summed E-state index contributed by atoms with van der Waals surface area (Å²) < 4.78 is 39.1. The van der Waals surface area contributed by atoms with Crippen LogP contribution < -0.4 is 5.32 Å². The number of benzene rings is 1. The second kappa shape index (κ2) is 6.29. The number of rotatable bonds is 2. The summed E-state index contributed by atoms with van der Waals surface area (Å²) in [5.74, 6) is -0.887. The van der Waals surface area contributed by atoms with E-state index in [0.717, 1.165) is 29.0 Å². The minimum absolute atomic E-state index is 0.254. The fraction of sp³-hybridized carbons (Fsp3) is 0.294. The largest absolute Gasteiger partial charge is 0.417 e. The summed E-state index contributed by atoms with van der Waals surface area (Å²) >= 11 is 1.13. The highest BCUT2D eigenvalue weighted by Gasteiger charge is 2.35. The number of nitrogens with one attached hydrogen (secondary N) is 1. The van der Waals surface area contributed by atoms with Gasteiger partial charge in [0.25, 0.3) is 5.91 Å². The summed E-state index contributed by atoms with van der Waals surface area (Å²) in [4.78, 5) is 12.3. The van der Waals surface area contributed by atoms with Crippen LogP contribution in [0.15, 0.2) is 29.6 Å². The zero-order valence-electron chi connectivity index (χ0n) is 13.3. The van der Waals surface area contributed by atoms with Gasteiger partial charge < -0.3 is 5.32 Å². The van der Waals surface area contributed by atoms with Gasteiger partial charge in [0.05, 0.1) is 16.7 Å². The van der Waals surface area contributed by atoms with Crippen LogP contribution in [0.5, 0.6) is 0 Å². The van der Waals surface area contributed by atoms with Gasteiger partial charge in [0.1, 0.15) is 11.1 Å². The van der Waals surface area contributed by atoms with Gasteiger partial charge in [0.2, 0.25) is 0 Å². The SMILES string of the molecule is CC(C)(C)c1csc(NC(=O)c2ccccc2C(F)(F)F)c1C#N. The monoisotopic (exact) mass is 352 g/mol. The Labute approximate surface area is 141 Å². The van der Waals surface area contributed by atoms with E-state index in [9.17, 15) is 23.2 Å². The van der Waals surface area contributed by atoms with Crippen molar-refractivity contribution in [1.82, 2.24) is 0 Å². The van der Waals surface area contributed by atoms with E-state index < -0.39 is 23.2 Å². The van der Waals surface area contributed by atoms with Crippen LogP contribution in [0.2, 0.25) is 0 Å². The summed E-state index contributed by atoms with van der Waals surface area (Å²) in [7, 11) is 0. The molecule has 1 amide bonds. The number of nitriles is 1. The molecule has 2 rings (SSSR count). The van der Waals surface area contributed by atoms with Crippen LogP contribution in [-0.4, -0.2) is 5.91 Å². The minimum atomic E-state index is -4.63. The van der Waals surface area contributed by atoms with Crippen LogP contribution in [0.3, 0.4) is 0 Å². The van der Waals surface area contributed by atoms with E-state index in [-0.39, 0.29) is 16.0 Å². The molecule has 0 saturated heterocycles. The minimum Gasteiger partial charge on any atom is -0.312 e. The van der Waals surface area contributed by atoms with Crippen molar-refractivity contribution in [3.05, 3.63) is 51.9 Å². The van der Waals surface area contributed by atoms with Gasteiger partial charge in [-0.2, -0.15) is 18.4 Å². The average molecular weight is 352 g/mol. The number of nitrogens with zero attached hydrogens (tertiary/aromatic N) is 1. The predicted octanol–water partition coefficient (Wildman–Crippen LogP) is 5.19. The maximum atomic E-state index is 13.0. The molecule has 7 heteroatoms. The quantitative estimate of drug-likeness (QED) is 0.809. The highest BCUT2D eigenvalue weighted by Crippen LogP contribution is 2.37. The van der Waals surface area contributed by atoms with E-state index >= 15 is 0 Å². The van der Waals surface area contributed by atoms with Crippen molar-refractivity contribution < 1.29 is 18.0 Å². The molecule has 1 aromatic heterocycles. The molecule has 1 aromatic carbocycles. The third kappa shape index (κ3) is 3.60. The van der Waals surface area contributed by atoms with Gasteiger partial charge in [-0.15, -0.1) is 11.3 Å². The number of halogens is 3. The lowest BCUT2D eigenvalue weighted by Gasteiger charge is -2.17. The van der Waals surface area contributed by atoms with Gasteiger partial charge in [-0.05, 0) is 28.5 Å². The maximum absolute atomic E-state index is 13.0. The highest BCUT2D eigenvalue weighted by molar-refractivity contribution is 7.14. The topological polar surface area (TPSA) is 52.9 Å². The number of thiophene rings is 1. The lowest BCUT2D eigenvalue weighted by atomic mass is 9.86. The zero-order chi connectivity index (χ0) is 18.1. The molecule has 1 heterocycles. The first-order valence-corrected chi connectivity index (χ1v) is 7.93. The Balaban J connectivity index is 2.40. The second-order valence-electron chi connectivity index (χ2n) is 6.21. The normalized spacial score (nSPS) is 11.9. The molecule has 24 heavy (non-hydrogen) atoms. The molecule has 0 aliphatic heterocycles. The second-order valence-corrected chi connectivity index (χ2v) is 7.09. The lowest BCUT2D eigenvalue weighted by molar-refractivity contribution is -0.137. The number of alkyl halides is 3. The number of carbonyl (C=O) groups is 1. The molecule has 0 bridgehead atoms. The fourth-order valence-electron chi connectivity index (χ4n) is 2.21. The van der Waals surface area contributed by atoms with Crippen molar-refractivity contribution in [1.29, 1.82) is 5.26 Å². The third-order valence-corrected chi connectivity index (χ3v) is 4.31. The Morgan fingerprint density at radius 1 is 1.17 bits per heavy atom. The Bertz CT molecular complexity index is 810. The Morgan fingerprint density at radius 2 is 1.79 bits per heavy atom. The lowest BCUT2D eigenvalue weighted by Crippen LogP contribution is -2.19. The molecule has 0 saturated carbocycles. The molecule has 0 unspecified atom stereocenters. The molecule has 126 valence electrons. The van der Waals surface area contributed by atoms with Crippen LogP contribution in [0.1, 0.15) is 47.8 Å². The van der Waals surface area contributed by atoms with E-state index in [4.69, 9.17) is 0 Å².